The number of para-hydroxylation sites is 1. The largest absolute Gasteiger partial charge is 0.349 e. The van der Waals surface area contributed by atoms with E-state index in [0.29, 0.717) is 17.2 Å². The van der Waals surface area contributed by atoms with Gasteiger partial charge in [-0.25, -0.2) is 13.4 Å². The normalized spacial score (nSPS) is 12.4. The molecule has 2 aromatic rings. The standard InChI is InChI=1S/C16H20N4O4S/c1-11(20(25(3,23)24)14-7-5-4-6-8-14)16(22)17-10-13-9-15(21)19-12(2)18-13/h4-9,11H,10H2,1-3H3,(H,17,22)(H,18,19,21)/t11-/m1/s1. The van der Waals surface area contributed by atoms with E-state index in [1.165, 1.54) is 13.0 Å². The van der Waals surface area contributed by atoms with Crippen molar-refractivity contribution in [2.75, 3.05) is 10.6 Å². The molecule has 1 atom stereocenters. The van der Waals surface area contributed by atoms with E-state index >= 15 is 0 Å². The van der Waals surface area contributed by atoms with Crippen LogP contribution in [-0.2, 0) is 21.4 Å². The second-order valence-electron chi connectivity index (χ2n) is 5.61. The minimum atomic E-state index is -3.66. The number of anilines is 1. The lowest BCUT2D eigenvalue weighted by atomic mass is 10.2. The smallest absolute Gasteiger partial charge is 0.251 e. The Hall–Kier alpha value is -2.68. The summed E-state index contributed by atoms with van der Waals surface area (Å²) in [6, 6.07) is 8.71. The molecule has 0 fully saturated rings. The molecule has 0 unspecified atom stereocenters. The molecular weight excluding hydrogens is 344 g/mol. The molecule has 0 saturated carbocycles. The summed E-state index contributed by atoms with van der Waals surface area (Å²) in [5.41, 5.74) is 0.483. The number of amides is 1. The first-order valence-electron chi connectivity index (χ1n) is 7.57. The third-order valence-electron chi connectivity index (χ3n) is 3.46. The number of nitrogens with zero attached hydrogens (tertiary/aromatic N) is 2. The highest BCUT2D eigenvalue weighted by Gasteiger charge is 2.28. The monoisotopic (exact) mass is 364 g/mol. The summed E-state index contributed by atoms with van der Waals surface area (Å²) in [7, 11) is -3.66. The summed E-state index contributed by atoms with van der Waals surface area (Å²) in [4.78, 5) is 30.5. The molecule has 0 radical (unpaired) electrons. The van der Waals surface area contributed by atoms with Crippen LogP contribution in [0.2, 0.25) is 0 Å². The summed E-state index contributed by atoms with van der Waals surface area (Å²) >= 11 is 0. The molecule has 0 aliphatic heterocycles. The van der Waals surface area contributed by atoms with E-state index in [1.54, 1.807) is 37.3 Å². The van der Waals surface area contributed by atoms with Crippen molar-refractivity contribution in [2.24, 2.45) is 0 Å². The number of hydrogen-bond acceptors (Lipinski definition) is 5. The zero-order valence-electron chi connectivity index (χ0n) is 14.2. The minimum absolute atomic E-state index is 0.0281. The van der Waals surface area contributed by atoms with Gasteiger partial charge < -0.3 is 10.3 Å². The van der Waals surface area contributed by atoms with Gasteiger partial charge in [0.1, 0.15) is 11.9 Å². The lowest BCUT2D eigenvalue weighted by Crippen LogP contribution is -2.47. The maximum atomic E-state index is 12.4. The van der Waals surface area contributed by atoms with Crippen LogP contribution in [0, 0.1) is 6.92 Å². The first-order valence-corrected chi connectivity index (χ1v) is 9.42. The Morgan fingerprint density at radius 3 is 2.52 bits per heavy atom. The number of aryl methyl sites for hydroxylation is 1. The van der Waals surface area contributed by atoms with Crippen LogP contribution in [0.25, 0.3) is 0 Å². The van der Waals surface area contributed by atoms with E-state index in [-0.39, 0.29) is 12.1 Å². The summed E-state index contributed by atoms with van der Waals surface area (Å²) in [6.07, 6.45) is 1.05. The Kier molecular flexibility index (Phi) is 5.58. The third-order valence-corrected chi connectivity index (χ3v) is 4.70. The lowest BCUT2D eigenvalue weighted by molar-refractivity contribution is -0.122. The van der Waals surface area contributed by atoms with Crippen molar-refractivity contribution in [3.63, 3.8) is 0 Å². The number of carbonyl (C=O) groups is 1. The van der Waals surface area contributed by atoms with Gasteiger partial charge in [-0.05, 0) is 26.0 Å². The van der Waals surface area contributed by atoms with Crippen LogP contribution in [0.15, 0.2) is 41.2 Å². The first-order chi connectivity index (χ1) is 11.7. The summed E-state index contributed by atoms with van der Waals surface area (Å²) in [5.74, 6) is -0.0548. The number of benzene rings is 1. The van der Waals surface area contributed by atoms with Crippen LogP contribution >= 0.6 is 0 Å². The number of aromatic amines is 1. The molecule has 1 amide bonds. The van der Waals surface area contributed by atoms with Gasteiger partial charge in [0.15, 0.2) is 0 Å². The molecule has 25 heavy (non-hydrogen) atoms. The summed E-state index contributed by atoms with van der Waals surface area (Å²) in [5, 5.41) is 2.62. The van der Waals surface area contributed by atoms with Crippen molar-refractivity contribution in [2.45, 2.75) is 26.4 Å². The third kappa shape index (κ3) is 4.90. The van der Waals surface area contributed by atoms with Gasteiger partial charge in [-0.2, -0.15) is 0 Å². The highest BCUT2D eigenvalue weighted by atomic mass is 32.2. The molecule has 0 aliphatic rings. The molecule has 1 heterocycles. The van der Waals surface area contributed by atoms with Gasteiger partial charge in [-0.15, -0.1) is 0 Å². The maximum absolute atomic E-state index is 12.4. The van der Waals surface area contributed by atoms with Crippen molar-refractivity contribution < 1.29 is 13.2 Å². The van der Waals surface area contributed by atoms with Gasteiger partial charge in [0.25, 0.3) is 5.56 Å². The van der Waals surface area contributed by atoms with Gasteiger partial charge in [0.2, 0.25) is 15.9 Å². The highest BCUT2D eigenvalue weighted by molar-refractivity contribution is 7.92. The predicted molar refractivity (Wildman–Crippen MR) is 94.7 cm³/mol. The predicted octanol–water partition coefficient (Wildman–Crippen LogP) is 0.549. The number of rotatable bonds is 6. The van der Waals surface area contributed by atoms with E-state index in [4.69, 9.17) is 0 Å². The highest BCUT2D eigenvalue weighted by Crippen LogP contribution is 2.20. The zero-order valence-corrected chi connectivity index (χ0v) is 15.0. The van der Waals surface area contributed by atoms with Crippen molar-refractivity contribution in [3.05, 3.63) is 58.3 Å². The number of hydrogen-bond donors (Lipinski definition) is 2. The maximum Gasteiger partial charge on any atom is 0.251 e. The molecule has 9 heteroatoms. The van der Waals surface area contributed by atoms with E-state index in [0.717, 1.165) is 10.6 Å². The Bertz CT molecular complexity index is 909. The van der Waals surface area contributed by atoms with Crippen LogP contribution in [0.1, 0.15) is 18.4 Å². The molecule has 2 rings (SSSR count). The van der Waals surface area contributed by atoms with Crippen LogP contribution < -0.4 is 15.2 Å². The number of nitrogens with one attached hydrogen (secondary N) is 2. The molecule has 0 saturated heterocycles. The van der Waals surface area contributed by atoms with E-state index in [9.17, 15) is 18.0 Å². The first kappa shape index (κ1) is 18.7. The van der Waals surface area contributed by atoms with Gasteiger partial charge in [-0.1, -0.05) is 18.2 Å². The van der Waals surface area contributed by atoms with Crippen molar-refractivity contribution >= 4 is 21.6 Å². The van der Waals surface area contributed by atoms with E-state index in [1.807, 2.05) is 0 Å². The van der Waals surface area contributed by atoms with Gasteiger partial charge >= 0.3 is 0 Å². The van der Waals surface area contributed by atoms with E-state index in [2.05, 4.69) is 15.3 Å². The van der Waals surface area contributed by atoms with E-state index < -0.39 is 22.0 Å². The molecule has 0 aliphatic carbocycles. The SMILES string of the molecule is Cc1nc(CNC(=O)[C@@H](C)N(c2ccccc2)S(C)(=O)=O)cc(=O)[nH]1. The van der Waals surface area contributed by atoms with Gasteiger partial charge in [0, 0.05) is 6.07 Å². The Morgan fingerprint density at radius 2 is 1.96 bits per heavy atom. The molecule has 0 bridgehead atoms. The zero-order chi connectivity index (χ0) is 18.6. The van der Waals surface area contributed by atoms with Crippen molar-refractivity contribution in [1.82, 2.24) is 15.3 Å². The van der Waals surface area contributed by atoms with Gasteiger partial charge in [0.05, 0.1) is 24.2 Å². The number of carbonyl (C=O) groups excluding carboxylic acids is 1. The van der Waals surface area contributed by atoms with Crippen LogP contribution in [0.3, 0.4) is 0 Å². The molecule has 2 N–H and O–H groups in total. The molecule has 0 spiro atoms. The fourth-order valence-electron chi connectivity index (χ4n) is 2.44. The van der Waals surface area contributed by atoms with Crippen molar-refractivity contribution in [3.8, 4) is 0 Å². The van der Waals surface area contributed by atoms with Crippen LogP contribution in [-0.4, -0.2) is 36.6 Å². The Balaban J connectivity index is 2.17. The second kappa shape index (κ2) is 7.47. The van der Waals surface area contributed by atoms with Crippen LogP contribution in [0.4, 0.5) is 5.69 Å². The number of aromatic nitrogens is 2. The van der Waals surface area contributed by atoms with Gasteiger partial charge in [-0.3, -0.25) is 13.9 Å². The molecule has 1 aromatic heterocycles. The van der Waals surface area contributed by atoms with Crippen molar-refractivity contribution in [1.29, 1.82) is 0 Å². The lowest BCUT2D eigenvalue weighted by Gasteiger charge is -2.28. The number of sulfonamides is 1. The fraction of sp³-hybridized carbons (Fsp3) is 0.312. The Labute approximate surface area is 146 Å². The summed E-state index contributed by atoms with van der Waals surface area (Å²) in [6.45, 7) is 3.16. The second-order valence-corrected chi connectivity index (χ2v) is 7.47. The Morgan fingerprint density at radius 1 is 1.32 bits per heavy atom. The fourth-order valence-corrected chi connectivity index (χ4v) is 3.62. The quantitative estimate of drug-likeness (QED) is 0.777. The average molecular weight is 364 g/mol. The summed E-state index contributed by atoms with van der Waals surface area (Å²) < 4.78 is 25.3. The topological polar surface area (TPSA) is 112 Å². The average Bonchev–Trinajstić information content (AvgIpc) is 2.51. The molecule has 8 nitrogen and oxygen atoms in total. The molecular formula is C16H20N4O4S. The number of H-pyrrole nitrogens is 1. The van der Waals surface area contributed by atoms with Crippen LogP contribution in [0.5, 0.6) is 0 Å². The molecule has 134 valence electrons. The molecule has 1 aromatic carbocycles. The minimum Gasteiger partial charge on any atom is -0.349 e.